The van der Waals surface area contributed by atoms with Crippen LogP contribution in [0.2, 0.25) is 0 Å². The Morgan fingerprint density at radius 1 is 1.00 bits per heavy atom. The average molecular weight is 242 g/mol. The molecule has 2 aromatic rings. The van der Waals surface area contributed by atoms with Crippen LogP contribution in [0.3, 0.4) is 0 Å². The van der Waals surface area contributed by atoms with E-state index in [2.05, 4.69) is 10.8 Å². The molecule has 1 aliphatic heterocycles. The van der Waals surface area contributed by atoms with E-state index in [1.807, 2.05) is 11.4 Å². The van der Waals surface area contributed by atoms with Gasteiger partial charge in [0.2, 0.25) is 0 Å². The molecule has 0 bridgehead atoms. The molecule has 0 amide bonds. The highest BCUT2D eigenvalue weighted by Crippen LogP contribution is 2.44. The Balaban J connectivity index is 2.13. The molecule has 82 valence electrons. The maximum Gasteiger partial charge on any atom is 0.347 e. The van der Waals surface area contributed by atoms with Gasteiger partial charge < -0.3 is 4.74 Å². The lowest BCUT2D eigenvalue weighted by molar-refractivity contribution is 0.0444. The number of benzene rings is 1. The van der Waals surface area contributed by atoms with Crippen molar-refractivity contribution in [3.05, 3.63) is 45.8 Å². The van der Waals surface area contributed by atoms with Crippen molar-refractivity contribution in [2.24, 2.45) is 0 Å². The number of fused-ring (bicyclic) bond motifs is 5. The molecule has 1 aliphatic carbocycles. The van der Waals surface area contributed by atoms with Crippen molar-refractivity contribution in [1.82, 2.24) is 0 Å². The number of cyclic esters (lactones) is 2. The predicted molar refractivity (Wildman–Crippen MR) is 62.3 cm³/mol. The van der Waals surface area contributed by atoms with Gasteiger partial charge in [-0.05, 0) is 35.1 Å². The maximum atomic E-state index is 11.7. The first-order valence-electron chi connectivity index (χ1n) is 5.25. The number of carbonyl (C=O) groups is 2. The van der Waals surface area contributed by atoms with E-state index >= 15 is 0 Å². The van der Waals surface area contributed by atoms with Crippen LogP contribution in [0.25, 0.3) is 10.4 Å². The van der Waals surface area contributed by atoms with Gasteiger partial charge in [-0.3, -0.25) is 0 Å². The largest absolute Gasteiger partial charge is 0.386 e. The number of ether oxygens (including phenoxy) is 1. The first-order valence-corrected chi connectivity index (χ1v) is 6.13. The molecule has 3 nitrogen and oxygen atoms in total. The first kappa shape index (κ1) is 9.13. The Hall–Kier alpha value is -1.94. The van der Waals surface area contributed by atoms with E-state index in [0.717, 1.165) is 22.4 Å². The van der Waals surface area contributed by atoms with Crippen LogP contribution in [0.1, 0.15) is 31.8 Å². The SMILES string of the molecule is O=C1OC(=O)c2c1ccc1c2-c2sccc2C1. The Labute approximate surface area is 101 Å². The molecule has 0 saturated heterocycles. The van der Waals surface area contributed by atoms with E-state index in [-0.39, 0.29) is 0 Å². The molecule has 0 unspecified atom stereocenters. The average Bonchev–Trinajstić information content (AvgIpc) is 2.92. The Kier molecular flexibility index (Phi) is 1.52. The zero-order chi connectivity index (χ0) is 11.6. The number of esters is 2. The van der Waals surface area contributed by atoms with Crippen molar-refractivity contribution in [1.29, 1.82) is 0 Å². The highest BCUT2D eigenvalue weighted by Gasteiger charge is 2.36. The third-order valence-corrected chi connectivity index (χ3v) is 4.23. The second kappa shape index (κ2) is 2.84. The van der Waals surface area contributed by atoms with Gasteiger partial charge in [0.15, 0.2) is 0 Å². The lowest BCUT2D eigenvalue weighted by atomic mass is 9.99. The first-order chi connectivity index (χ1) is 8.25. The van der Waals surface area contributed by atoms with Crippen LogP contribution in [-0.2, 0) is 11.2 Å². The topological polar surface area (TPSA) is 43.4 Å². The summed E-state index contributed by atoms with van der Waals surface area (Å²) in [5.41, 5.74) is 4.09. The number of rotatable bonds is 0. The molecule has 0 spiro atoms. The van der Waals surface area contributed by atoms with Crippen LogP contribution >= 0.6 is 11.3 Å². The molecule has 1 aromatic carbocycles. The molecule has 1 aromatic heterocycles. The normalized spacial score (nSPS) is 15.5. The summed E-state index contributed by atoms with van der Waals surface area (Å²) in [6, 6.07) is 5.67. The number of hydrogen-bond acceptors (Lipinski definition) is 4. The van der Waals surface area contributed by atoms with Crippen LogP contribution in [0, 0.1) is 0 Å². The van der Waals surface area contributed by atoms with Crippen molar-refractivity contribution in [3.8, 4) is 10.4 Å². The number of thiophene rings is 1. The predicted octanol–water partition coefficient (Wildman–Crippen LogP) is 2.63. The summed E-state index contributed by atoms with van der Waals surface area (Å²) in [4.78, 5) is 24.3. The minimum Gasteiger partial charge on any atom is -0.386 e. The summed E-state index contributed by atoms with van der Waals surface area (Å²) in [6.45, 7) is 0. The van der Waals surface area contributed by atoms with Gasteiger partial charge in [-0.15, -0.1) is 11.3 Å². The van der Waals surface area contributed by atoms with E-state index in [0.29, 0.717) is 11.1 Å². The van der Waals surface area contributed by atoms with Gasteiger partial charge in [-0.25, -0.2) is 9.59 Å². The second-order valence-electron chi connectivity index (χ2n) is 4.15. The van der Waals surface area contributed by atoms with E-state index in [9.17, 15) is 9.59 Å². The summed E-state index contributed by atoms with van der Waals surface area (Å²) in [6.07, 6.45) is 0.836. The van der Waals surface area contributed by atoms with Gasteiger partial charge in [0.05, 0.1) is 11.1 Å². The molecule has 0 atom stereocenters. The van der Waals surface area contributed by atoms with E-state index in [1.165, 1.54) is 5.56 Å². The third kappa shape index (κ3) is 1.01. The fourth-order valence-electron chi connectivity index (χ4n) is 2.52. The van der Waals surface area contributed by atoms with Gasteiger partial charge in [-0.2, -0.15) is 0 Å². The van der Waals surface area contributed by atoms with Gasteiger partial charge in [0, 0.05) is 10.4 Å². The van der Waals surface area contributed by atoms with Gasteiger partial charge in [0.25, 0.3) is 0 Å². The molecule has 0 saturated carbocycles. The summed E-state index contributed by atoms with van der Waals surface area (Å²) < 4.78 is 4.68. The molecule has 4 rings (SSSR count). The quantitative estimate of drug-likeness (QED) is 0.449. The van der Waals surface area contributed by atoms with Crippen LogP contribution < -0.4 is 0 Å². The fraction of sp³-hybridized carbons (Fsp3) is 0.0769. The summed E-state index contributed by atoms with van der Waals surface area (Å²) in [7, 11) is 0. The van der Waals surface area contributed by atoms with E-state index in [1.54, 1.807) is 17.4 Å². The number of hydrogen-bond donors (Lipinski definition) is 0. The lowest BCUT2D eigenvalue weighted by Crippen LogP contribution is -1.98. The monoisotopic (exact) mass is 242 g/mol. The zero-order valence-corrected chi connectivity index (χ0v) is 9.47. The number of carbonyl (C=O) groups excluding carboxylic acids is 2. The standard InChI is InChI=1S/C13H6O3S/c14-12-8-2-1-6-5-7-3-4-17-11(7)9(6)10(8)13(15)16-12/h1-4H,5H2. The second-order valence-corrected chi connectivity index (χ2v) is 5.07. The minimum absolute atomic E-state index is 0.398. The maximum absolute atomic E-state index is 11.7. The van der Waals surface area contributed by atoms with Crippen molar-refractivity contribution in [2.75, 3.05) is 0 Å². The molecular formula is C13H6O3S. The Bertz CT molecular complexity index is 697. The van der Waals surface area contributed by atoms with Gasteiger partial charge in [0.1, 0.15) is 0 Å². The van der Waals surface area contributed by atoms with Gasteiger partial charge in [-0.1, -0.05) is 6.07 Å². The molecule has 0 radical (unpaired) electrons. The van der Waals surface area contributed by atoms with Crippen LogP contribution in [0.4, 0.5) is 0 Å². The molecule has 0 fully saturated rings. The highest BCUT2D eigenvalue weighted by molar-refractivity contribution is 7.14. The molecule has 17 heavy (non-hydrogen) atoms. The Morgan fingerprint density at radius 2 is 1.88 bits per heavy atom. The van der Waals surface area contributed by atoms with Crippen LogP contribution in [-0.4, -0.2) is 11.9 Å². The van der Waals surface area contributed by atoms with Crippen LogP contribution in [0.15, 0.2) is 23.6 Å². The van der Waals surface area contributed by atoms with Crippen molar-refractivity contribution in [3.63, 3.8) is 0 Å². The molecular weight excluding hydrogens is 236 g/mol. The molecule has 2 heterocycles. The summed E-state index contributed by atoms with van der Waals surface area (Å²) in [5.74, 6) is -1.04. The zero-order valence-electron chi connectivity index (χ0n) is 8.65. The summed E-state index contributed by atoms with van der Waals surface area (Å²) >= 11 is 1.60. The third-order valence-electron chi connectivity index (χ3n) is 3.26. The minimum atomic E-state index is -0.530. The molecule has 0 N–H and O–H groups in total. The Morgan fingerprint density at radius 3 is 2.76 bits per heavy atom. The fourth-order valence-corrected chi connectivity index (χ4v) is 3.54. The van der Waals surface area contributed by atoms with Crippen molar-refractivity contribution >= 4 is 23.3 Å². The van der Waals surface area contributed by atoms with Crippen LogP contribution in [0.5, 0.6) is 0 Å². The molecule has 2 aliphatic rings. The highest BCUT2D eigenvalue weighted by atomic mass is 32.1. The van der Waals surface area contributed by atoms with Crippen molar-refractivity contribution < 1.29 is 14.3 Å². The van der Waals surface area contributed by atoms with Gasteiger partial charge >= 0.3 is 11.9 Å². The van der Waals surface area contributed by atoms with Crippen molar-refractivity contribution in [2.45, 2.75) is 6.42 Å². The smallest absolute Gasteiger partial charge is 0.347 e. The van der Waals surface area contributed by atoms with E-state index in [4.69, 9.17) is 0 Å². The van der Waals surface area contributed by atoms with E-state index < -0.39 is 11.9 Å². The lowest BCUT2D eigenvalue weighted by Gasteiger charge is -2.02. The summed E-state index contributed by atoms with van der Waals surface area (Å²) in [5, 5.41) is 2.01. The molecule has 4 heteroatoms.